The van der Waals surface area contributed by atoms with Gasteiger partial charge in [-0.2, -0.15) is 11.8 Å². The van der Waals surface area contributed by atoms with Crippen LogP contribution < -0.4 is 4.90 Å². The summed E-state index contributed by atoms with van der Waals surface area (Å²) in [6, 6.07) is 6.75. The molecule has 16 heavy (non-hydrogen) atoms. The molecular weight excluding hydrogens is 306 g/mol. The summed E-state index contributed by atoms with van der Waals surface area (Å²) in [7, 11) is 2.12. The van der Waals surface area contributed by atoms with Crippen molar-refractivity contribution in [3.05, 3.63) is 28.2 Å². The average molecular weight is 323 g/mol. The lowest BCUT2D eigenvalue weighted by Crippen LogP contribution is -2.31. The van der Waals surface area contributed by atoms with Gasteiger partial charge in [-0.15, -0.1) is 11.6 Å². The molecule has 0 fully saturated rings. The third-order valence-electron chi connectivity index (χ3n) is 2.64. The van der Waals surface area contributed by atoms with Crippen LogP contribution in [0.4, 0.5) is 5.69 Å². The molecule has 0 aliphatic rings. The van der Waals surface area contributed by atoms with Gasteiger partial charge in [-0.1, -0.05) is 22.0 Å². The minimum absolute atomic E-state index is 0.506. The van der Waals surface area contributed by atoms with E-state index in [1.165, 1.54) is 11.3 Å². The predicted octanol–water partition coefficient (Wildman–Crippen LogP) is 4.38. The number of thioether (sulfide) groups is 1. The maximum Gasteiger partial charge on any atom is 0.0494 e. The first-order chi connectivity index (χ1) is 7.60. The Morgan fingerprint density at radius 1 is 1.50 bits per heavy atom. The van der Waals surface area contributed by atoms with Crippen LogP contribution in [0.25, 0.3) is 0 Å². The minimum atomic E-state index is 0.506. The number of alkyl halides is 1. The molecule has 0 saturated carbocycles. The van der Waals surface area contributed by atoms with Crippen molar-refractivity contribution in [2.24, 2.45) is 0 Å². The average Bonchev–Trinajstić information content (AvgIpc) is 2.28. The van der Waals surface area contributed by atoms with Crippen LogP contribution in [0.15, 0.2) is 22.7 Å². The third kappa shape index (κ3) is 3.57. The Morgan fingerprint density at radius 2 is 2.19 bits per heavy atom. The molecule has 0 aliphatic heterocycles. The zero-order chi connectivity index (χ0) is 12.1. The number of rotatable bonds is 5. The Morgan fingerprint density at radius 3 is 2.75 bits per heavy atom. The number of anilines is 1. The van der Waals surface area contributed by atoms with E-state index in [0.717, 1.165) is 10.2 Å². The van der Waals surface area contributed by atoms with Gasteiger partial charge in [0, 0.05) is 34.9 Å². The van der Waals surface area contributed by atoms with Crippen molar-refractivity contribution in [3.63, 3.8) is 0 Å². The molecule has 1 aromatic rings. The minimum Gasteiger partial charge on any atom is -0.371 e. The van der Waals surface area contributed by atoms with Crippen molar-refractivity contribution < 1.29 is 0 Å². The monoisotopic (exact) mass is 321 g/mol. The van der Waals surface area contributed by atoms with E-state index < -0.39 is 0 Å². The Kier molecular flexibility index (Phi) is 6.01. The lowest BCUT2D eigenvalue weighted by atomic mass is 10.1. The van der Waals surface area contributed by atoms with Crippen LogP contribution in [0.3, 0.4) is 0 Å². The SMILES string of the molecule is CSCC(C)N(C)c1cc(Br)ccc1CCl. The fourth-order valence-electron chi connectivity index (χ4n) is 1.57. The van der Waals surface area contributed by atoms with E-state index in [1.54, 1.807) is 0 Å². The van der Waals surface area contributed by atoms with Crippen LogP contribution in [0.5, 0.6) is 0 Å². The largest absolute Gasteiger partial charge is 0.371 e. The van der Waals surface area contributed by atoms with Crippen LogP contribution in [0, 0.1) is 0 Å². The molecule has 90 valence electrons. The molecule has 1 rings (SSSR count). The molecule has 1 nitrogen and oxygen atoms in total. The highest BCUT2D eigenvalue weighted by Crippen LogP contribution is 2.27. The van der Waals surface area contributed by atoms with Gasteiger partial charge in [-0.3, -0.25) is 0 Å². The predicted molar refractivity (Wildman–Crippen MR) is 79.9 cm³/mol. The Balaban J connectivity index is 2.96. The van der Waals surface area contributed by atoms with Gasteiger partial charge in [0.2, 0.25) is 0 Å². The summed E-state index contributed by atoms with van der Waals surface area (Å²) in [5.41, 5.74) is 2.39. The summed E-state index contributed by atoms with van der Waals surface area (Å²) >= 11 is 11.3. The summed E-state index contributed by atoms with van der Waals surface area (Å²) in [6.07, 6.45) is 2.13. The molecule has 0 radical (unpaired) electrons. The topological polar surface area (TPSA) is 3.24 Å². The summed E-state index contributed by atoms with van der Waals surface area (Å²) in [4.78, 5) is 2.29. The summed E-state index contributed by atoms with van der Waals surface area (Å²) < 4.78 is 1.10. The Bertz CT molecular complexity index is 346. The van der Waals surface area contributed by atoms with E-state index in [0.29, 0.717) is 11.9 Å². The van der Waals surface area contributed by atoms with Gasteiger partial charge in [-0.25, -0.2) is 0 Å². The van der Waals surface area contributed by atoms with Crippen molar-refractivity contribution in [1.29, 1.82) is 0 Å². The van der Waals surface area contributed by atoms with E-state index in [2.05, 4.69) is 53.2 Å². The maximum absolute atomic E-state index is 5.96. The van der Waals surface area contributed by atoms with Gasteiger partial charge in [0.05, 0.1) is 0 Å². The molecule has 1 aromatic carbocycles. The smallest absolute Gasteiger partial charge is 0.0494 e. The van der Waals surface area contributed by atoms with Gasteiger partial charge >= 0.3 is 0 Å². The molecule has 1 unspecified atom stereocenters. The van der Waals surface area contributed by atoms with Crippen molar-refractivity contribution in [2.75, 3.05) is 24.0 Å². The molecule has 0 amide bonds. The van der Waals surface area contributed by atoms with E-state index in [1.807, 2.05) is 17.8 Å². The Labute approximate surface area is 116 Å². The van der Waals surface area contributed by atoms with Crippen LogP contribution in [-0.4, -0.2) is 25.1 Å². The quantitative estimate of drug-likeness (QED) is 0.740. The fourth-order valence-corrected chi connectivity index (χ4v) is 2.85. The van der Waals surface area contributed by atoms with Crippen molar-refractivity contribution in [1.82, 2.24) is 0 Å². The number of halogens is 2. The molecule has 0 spiro atoms. The highest BCUT2D eigenvalue weighted by Gasteiger charge is 2.13. The lowest BCUT2D eigenvalue weighted by Gasteiger charge is -2.28. The second-order valence-corrected chi connectivity index (χ2v) is 5.92. The van der Waals surface area contributed by atoms with E-state index in [9.17, 15) is 0 Å². The molecule has 0 N–H and O–H groups in total. The van der Waals surface area contributed by atoms with Gasteiger partial charge in [0.15, 0.2) is 0 Å². The zero-order valence-corrected chi connectivity index (χ0v) is 13.0. The highest BCUT2D eigenvalue weighted by molar-refractivity contribution is 9.10. The normalized spacial score (nSPS) is 12.6. The molecule has 0 heterocycles. The van der Waals surface area contributed by atoms with Crippen molar-refractivity contribution in [3.8, 4) is 0 Å². The van der Waals surface area contributed by atoms with Gasteiger partial charge in [0.1, 0.15) is 0 Å². The van der Waals surface area contributed by atoms with Crippen LogP contribution in [0.1, 0.15) is 12.5 Å². The van der Waals surface area contributed by atoms with E-state index >= 15 is 0 Å². The molecular formula is C12H17BrClNS. The number of nitrogens with zero attached hydrogens (tertiary/aromatic N) is 1. The zero-order valence-electron chi connectivity index (χ0n) is 9.84. The fraction of sp³-hybridized carbons (Fsp3) is 0.500. The molecule has 0 aliphatic carbocycles. The first-order valence-corrected chi connectivity index (χ1v) is 7.88. The number of hydrogen-bond acceptors (Lipinski definition) is 2. The first kappa shape index (κ1) is 14.2. The summed E-state index contributed by atoms with van der Waals surface area (Å²) in [5, 5.41) is 0. The van der Waals surface area contributed by atoms with Gasteiger partial charge < -0.3 is 4.90 Å². The first-order valence-electron chi connectivity index (χ1n) is 5.16. The second-order valence-electron chi connectivity index (χ2n) is 3.82. The Hall–Kier alpha value is 0.140. The number of hydrogen-bond donors (Lipinski definition) is 0. The van der Waals surface area contributed by atoms with Crippen LogP contribution in [-0.2, 0) is 5.88 Å². The van der Waals surface area contributed by atoms with Crippen molar-refractivity contribution in [2.45, 2.75) is 18.8 Å². The van der Waals surface area contributed by atoms with Crippen LogP contribution in [0.2, 0.25) is 0 Å². The van der Waals surface area contributed by atoms with Gasteiger partial charge in [0.25, 0.3) is 0 Å². The molecule has 0 bridgehead atoms. The summed E-state index contributed by atoms with van der Waals surface area (Å²) in [6.45, 7) is 2.23. The maximum atomic E-state index is 5.96. The highest BCUT2D eigenvalue weighted by atomic mass is 79.9. The standard InChI is InChI=1S/C12H17BrClNS/c1-9(8-16-3)15(2)12-6-11(13)5-4-10(12)7-14/h4-6,9H,7-8H2,1-3H3. The molecule has 0 saturated heterocycles. The summed E-state index contributed by atoms with van der Waals surface area (Å²) in [5.74, 6) is 1.67. The van der Waals surface area contributed by atoms with Crippen LogP contribution >= 0.6 is 39.3 Å². The second kappa shape index (κ2) is 6.77. The molecule has 0 aromatic heterocycles. The molecule has 4 heteroatoms. The molecule has 1 atom stereocenters. The number of benzene rings is 1. The van der Waals surface area contributed by atoms with E-state index in [-0.39, 0.29) is 0 Å². The van der Waals surface area contributed by atoms with Crippen molar-refractivity contribution >= 4 is 45.0 Å². The van der Waals surface area contributed by atoms with E-state index in [4.69, 9.17) is 11.6 Å². The lowest BCUT2D eigenvalue weighted by molar-refractivity contribution is 0.762. The third-order valence-corrected chi connectivity index (χ3v) is 4.24. The van der Waals surface area contributed by atoms with Gasteiger partial charge in [-0.05, 0) is 30.9 Å².